The van der Waals surface area contributed by atoms with Gasteiger partial charge >= 0.3 is 0 Å². The molecule has 0 radical (unpaired) electrons. The van der Waals surface area contributed by atoms with E-state index in [1.54, 1.807) is 0 Å². The molecule has 114 valence electrons. The fourth-order valence-electron chi connectivity index (χ4n) is 2.27. The van der Waals surface area contributed by atoms with Crippen molar-refractivity contribution in [2.45, 2.75) is 58.2 Å². The molecule has 2 fully saturated rings. The molecular formula is C16H26O4. The first-order valence-electron chi connectivity index (χ1n) is 7.44. The van der Waals surface area contributed by atoms with E-state index in [1.165, 1.54) is 12.0 Å². The first-order chi connectivity index (χ1) is 9.55. The highest BCUT2D eigenvalue weighted by Gasteiger charge is 2.30. The fourth-order valence-corrected chi connectivity index (χ4v) is 2.27. The highest BCUT2D eigenvalue weighted by Crippen LogP contribution is 2.22. The normalized spacial score (nSPS) is 31.1. The first kappa shape index (κ1) is 15.7. The van der Waals surface area contributed by atoms with Crippen molar-refractivity contribution in [3.63, 3.8) is 0 Å². The molecular weight excluding hydrogens is 256 g/mol. The predicted molar refractivity (Wildman–Crippen MR) is 77.3 cm³/mol. The van der Waals surface area contributed by atoms with E-state index in [2.05, 4.69) is 13.0 Å². The van der Waals surface area contributed by atoms with Crippen LogP contribution in [0.3, 0.4) is 0 Å². The van der Waals surface area contributed by atoms with Crippen molar-refractivity contribution in [3.05, 3.63) is 23.8 Å². The number of hydrogen-bond acceptors (Lipinski definition) is 4. The van der Waals surface area contributed by atoms with Crippen molar-refractivity contribution in [3.8, 4) is 0 Å². The summed E-state index contributed by atoms with van der Waals surface area (Å²) in [5, 5.41) is 0. The van der Waals surface area contributed by atoms with Crippen molar-refractivity contribution < 1.29 is 18.9 Å². The zero-order chi connectivity index (χ0) is 14.4. The number of hydrogen-bond donors (Lipinski definition) is 0. The van der Waals surface area contributed by atoms with Crippen LogP contribution in [0.2, 0.25) is 0 Å². The van der Waals surface area contributed by atoms with E-state index < -0.39 is 5.79 Å². The van der Waals surface area contributed by atoms with E-state index in [9.17, 15) is 0 Å². The van der Waals surface area contributed by atoms with Gasteiger partial charge in [-0.1, -0.05) is 18.2 Å². The van der Waals surface area contributed by atoms with Gasteiger partial charge in [-0.3, -0.25) is 0 Å². The van der Waals surface area contributed by atoms with Crippen LogP contribution in [0.5, 0.6) is 0 Å². The van der Waals surface area contributed by atoms with Gasteiger partial charge in [-0.05, 0) is 45.6 Å². The van der Waals surface area contributed by atoms with Gasteiger partial charge in [0.05, 0.1) is 13.2 Å². The Morgan fingerprint density at radius 1 is 1.35 bits per heavy atom. The number of ether oxygens (including phenoxy) is 4. The van der Waals surface area contributed by atoms with Crippen LogP contribution in [0.4, 0.5) is 0 Å². The summed E-state index contributed by atoms with van der Waals surface area (Å²) >= 11 is 0. The second-order valence-electron chi connectivity index (χ2n) is 5.87. The molecule has 0 N–H and O–H groups in total. The molecule has 2 atom stereocenters. The molecule has 2 aliphatic rings. The third-order valence-corrected chi connectivity index (χ3v) is 3.37. The second-order valence-corrected chi connectivity index (χ2v) is 5.87. The van der Waals surface area contributed by atoms with Crippen molar-refractivity contribution in [2.24, 2.45) is 0 Å². The summed E-state index contributed by atoms with van der Waals surface area (Å²) in [4.78, 5) is 0. The third kappa shape index (κ3) is 5.37. The van der Waals surface area contributed by atoms with Crippen molar-refractivity contribution in [1.82, 2.24) is 0 Å². The number of allylic oxidation sites excluding steroid dienone is 2. The van der Waals surface area contributed by atoms with Crippen LogP contribution in [0.25, 0.3) is 0 Å². The maximum atomic E-state index is 5.72. The Hall–Kier alpha value is -0.680. The number of rotatable bonds is 5. The summed E-state index contributed by atoms with van der Waals surface area (Å²) in [5.74, 6) is -0.463. The van der Waals surface area contributed by atoms with E-state index in [-0.39, 0.29) is 12.4 Å². The first-order valence-corrected chi connectivity index (χ1v) is 7.44. The minimum atomic E-state index is -0.463. The van der Waals surface area contributed by atoms with Crippen LogP contribution < -0.4 is 0 Å². The molecule has 2 saturated heterocycles. The summed E-state index contributed by atoms with van der Waals surface area (Å²) in [6.07, 6.45) is 9.45. The molecule has 0 aromatic rings. The monoisotopic (exact) mass is 282 g/mol. The molecule has 1 unspecified atom stereocenters. The molecule has 4 heteroatoms. The molecule has 2 aliphatic heterocycles. The predicted octanol–water partition coefficient (Wildman–Crippen LogP) is 3.18. The zero-order valence-corrected chi connectivity index (χ0v) is 12.8. The average molecular weight is 282 g/mol. The lowest BCUT2D eigenvalue weighted by atomic mass is 10.2. The lowest BCUT2D eigenvalue weighted by Crippen LogP contribution is -2.22. The molecule has 4 nitrogen and oxygen atoms in total. The third-order valence-electron chi connectivity index (χ3n) is 3.37. The summed E-state index contributed by atoms with van der Waals surface area (Å²) in [6.45, 7) is 7.97. The van der Waals surface area contributed by atoms with Gasteiger partial charge in [-0.2, -0.15) is 0 Å². The molecule has 0 spiro atoms. The Bertz CT molecular complexity index is 353. The van der Waals surface area contributed by atoms with Gasteiger partial charge < -0.3 is 18.9 Å². The Morgan fingerprint density at radius 2 is 2.20 bits per heavy atom. The quantitative estimate of drug-likeness (QED) is 0.726. The van der Waals surface area contributed by atoms with Gasteiger partial charge in [0.25, 0.3) is 0 Å². The summed E-state index contributed by atoms with van der Waals surface area (Å²) in [6, 6.07) is 0. The van der Waals surface area contributed by atoms with E-state index >= 15 is 0 Å². The zero-order valence-electron chi connectivity index (χ0n) is 12.8. The largest absolute Gasteiger partial charge is 0.353 e. The summed E-state index contributed by atoms with van der Waals surface area (Å²) in [7, 11) is 0. The second kappa shape index (κ2) is 7.36. The van der Waals surface area contributed by atoms with Crippen LogP contribution in [0.1, 0.15) is 40.0 Å². The van der Waals surface area contributed by atoms with Crippen LogP contribution >= 0.6 is 0 Å². The van der Waals surface area contributed by atoms with Gasteiger partial charge in [-0.15, -0.1) is 0 Å². The van der Waals surface area contributed by atoms with E-state index in [1.807, 2.05) is 26.0 Å². The maximum Gasteiger partial charge on any atom is 0.163 e. The molecule has 2 heterocycles. The molecule has 0 bridgehead atoms. The van der Waals surface area contributed by atoms with Gasteiger partial charge in [-0.25, -0.2) is 0 Å². The smallest absolute Gasteiger partial charge is 0.163 e. The average Bonchev–Trinajstić information content (AvgIpc) is 2.77. The Labute approximate surface area is 121 Å². The van der Waals surface area contributed by atoms with Crippen LogP contribution in [0, 0.1) is 0 Å². The highest BCUT2D eigenvalue weighted by atomic mass is 16.7. The lowest BCUT2D eigenvalue weighted by molar-refractivity contribution is -0.156. The Balaban J connectivity index is 1.68. The highest BCUT2D eigenvalue weighted by molar-refractivity contribution is 5.12. The van der Waals surface area contributed by atoms with Gasteiger partial charge in [0.1, 0.15) is 6.10 Å². The molecule has 2 rings (SSSR count). The summed E-state index contributed by atoms with van der Waals surface area (Å²) in [5.41, 5.74) is 1.17. The van der Waals surface area contributed by atoms with Gasteiger partial charge in [0.2, 0.25) is 0 Å². The molecule has 0 saturated carbocycles. The topological polar surface area (TPSA) is 36.9 Å². The van der Waals surface area contributed by atoms with Crippen molar-refractivity contribution in [1.29, 1.82) is 0 Å². The van der Waals surface area contributed by atoms with Crippen molar-refractivity contribution >= 4 is 0 Å². The SMILES string of the molecule is C/C(=C\C=C/[C@H]1COC(C)(C)O1)COC1CCCCO1. The van der Waals surface area contributed by atoms with Crippen LogP contribution in [0.15, 0.2) is 23.8 Å². The van der Waals surface area contributed by atoms with Crippen LogP contribution in [-0.4, -0.2) is 38.0 Å². The molecule has 0 aliphatic carbocycles. The Kier molecular flexibility index (Phi) is 5.78. The van der Waals surface area contributed by atoms with E-state index in [0.29, 0.717) is 13.2 Å². The molecule has 0 amide bonds. The summed E-state index contributed by atoms with van der Waals surface area (Å²) < 4.78 is 22.5. The van der Waals surface area contributed by atoms with Crippen LogP contribution in [-0.2, 0) is 18.9 Å². The van der Waals surface area contributed by atoms with E-state index in [4.69, 9.17) is 18.9 Å². The minimum absolute atomic E-state index is 0.0246. The molecule has 0 aromatic carbocycles. The lowest BCUT2D eigenvalue weighted by Gasteiger charge is -2.22. The fraction of sp³-hybridized carbons (Fsp3) is 0.750. The standard InChI is InChI=1S/C16H26O4/c1-13(11-18-15-9-4-5-10-17-15)7-6-8-14-12-19-16(2,3)20-14/h6-8,14-15H,4-5,9-12H2,1-3H3/b8-6-,13-7+/t14-,15?/m0/s1. The minimum Gasteiger partial charge on any atom is -0.353 e. The van der Waals surface area contributed by atoms with Gasteiger partial charge in [0, 0.05) is 6.61 Å². The molecule has 20 heavy (non-hydrogen) atoms. The molecule has 0 aromatic heterocycles. The Morgan fingerprint density at radius 3 is 2.85 bits per heavy atom. The van der Waals surface area contributed by atoms with E-state index in [0.717, 1.165) is 19.4 Å². The van der Waals surface area contributed by atoms with Gasteiger partial charge in [0.15, 0.2) is 12.1 Å². The maximum absolute atomic E-state index is 5.72. The van der Waals surface area contributed by atoms with Crippen molar-refractivity contribution in [2.75, 3.05) is 19.8 Å².